The Kier molecular flexibility index (Phi) is 6.47. The number of anilines is 3. The van der Waals surface area contributed by atoms with Crippen molar-refractivity contribution in [3.63, 3.8) is 0 Å². The van der Waals surface area contributed by atoms with Crippen LogP contribution in [0, 0.1) is 0 Å². The summed E-state index contributed by atoms with van der Waals surface area (Å²) in [4.78, 5) is 37.8. The molecule has 8 heteroatoms. The van der Waals surface area contributed by atoms with E-state index >= 15 is 0 Å². The van der Waals surface area contributed by atoms with Crippen molar-refractivity contribution < 1.29 is 9.59 Å². The molecule has 2 N–H and O–H groups in total. The summed E-state index contributed by atoms with van der Waals surface area (Å²) in [6.45, 7) is 2.02. The molecule has 0 fully saturated rings. The van der Waals surface area contributed by atoms with E-state index in [1.54, 1.807) is 36.5 Å². The highest BCUT2D eigenvalue weighted by atomic mass is 16.2. The summed E-state index contributed by atoms with van der Waals surface area (Å²) in [5, 5.41) is 5.83. The Morgan fingerprint density at radius 3 is 2.48 bits per heavy atom. The second kappa shape index (κ2) is 9.41. The molecule has 0 bridgehead atoms. The number of hydrogen-bond acceptors (Lipinski definition) is 6. The lowest BCUT2D eigenvalue weighted by atomic mass is 10.2. The molecule has 0 unspecified atom stereocenters. The Hall–Kier alpha value is -3.81. The van der Waals surface area contributed by atoms with E-state index in [1.807, 2.05) is 24.3 Å². The van der Waals surface area contributed by atoms with E-state index in [9.17, 15) is 9.59 Å². The van der Waals surface area contributed by atoms with E-state index < -0.39 is 0 Å². The van der Waals surface area contributed by atoms with Crippen LogP contribution in [0.15, 0.2) is 61.2 Å². The fraction of sp³-hybridized carbons (Fsp3) is 0.190. The monoisotopic (exact) mass is 390 g/mol. The molecule has 0 aliphatic carbocycles. The van der Waals surface area contributed by atoms with Gasteiger partial charge in [-0.2, -0.15) is 0 Å². The van der Waals surface area contributed by atoms with Gasteiger partial charge in [-0.05, 0) is 42.3 Å². The third-order valence-electron chi connectivity index (χ3n) is 4.16. The quantitative estimate of drug-likeness (QED) is 0.643. The topological polar surface area (TPSA) is 100 Å². The molecule has 0 radical (unpaired) electrons. The number of nitrogens with zero attached hydrogens (tertiary/aromatic N) is 4. The summed E-state index contributed by atoms with van der Waals surface area (Å²) in [5.74, 6) is 0.171. The molecule has 8 nitrogen and oxygen atoms in total. The summed E-state index contributed by atoms with van der Waals surface area (Å²) in [7, 11) is 1.74. The van der Waals surface area contributed by atoms with E-state index in [2.05, 4.69) is 25.6 Å². The molecule has 2 heterocycles. The Balaban J connectivity index is 1.59. The molecule has 2 amide bonds. The predicted octanol–water partition coefficient (Wildman–Crippen LogP) is 2.89. The molecule has 2 aromatic heterocycles. The lowest BCUT2D eigenvalue weighted by Gasteiger charge is -2.16. The number of carbonyl (C=O) groups excluding carboxylic acids is 2. The molecular formula is C21H22N6O2. The number of nitrogens with one attached hydrogen (secondary N) is 2. The summed E-state index contributed by atoms with van der Waals surface area (Å²) < 4.78 is 0. The van der Waals surface area contributed by atoms with Crippen LogP contribution in [0.3, 0.4) is 0 Å². The molecule has 0 spiro atoms. The van der Waals surface area contributed by atoms with Gasteiger partial charge in [-0.1, -0.05) is 6.07 Å². The summed E-state index contributed by atoms with van der Waals surface area (Å²) in [6, 6.07) is 11.1. The van der Waals surface area contributed by atoms with Gasteiger partial charge >= 0.3 is 0 Å². The minimum absolute atomic E-state index is 0.141. The molecule has 3 rings (SSSR count). The maximum Gasteiger partial charge on any atom is 0.273 e. The van der Waals surface area contributed by atoms with Crippen molar-refractivity contribution in [2.75, 3.05) is 24.2 Å². The van der Waals surface area contributed by atoms with E-state index in [0.29, 0.717) is 18.1 Å². The second-order valence-electron chi connectivity index (χ2n) is 6.51. The molecule has 0 saturated carbocycles. The Morgan fingerprint density at radius 2 is 1.79 bits per heavy atom. The number of amides is 2. The van der Waals surface area contributed by atoms with Gasteiger partial charge in [-0.15, -0.1) is 0 Å². The zero-order chi connectivity index (χ0) is 20.6. The van der Waals surface area contributed by atoms with Gasteiger partial charge < -0.3 is 15.5 Å². The zero-order valence-corrected chi connectivity index (χ0v) is 16.3. The summed E-state index contributed by atoms with van der Waals surface area (Å²) >= 11 is 0. The van der Waals surface area contributed by atoms with Crippen molar-refractivity contribution in [1.29, 1.82) is 0 Å². The highest BCUT2D eigenvalue weighted by Crippen LogP contribution is 2.18. The average molecular weight is 390 g/mol. The molecule has 148 valence electrons. The highest BCUT2D eigenvalue weighted by Gasteiger charge is 2.13. The van der Waals surface area contributed by atoms with Gasteiger partial charge in [0.2, 0.25) is 5.91 Å². The van der Waals surface area contributed by atoms with E-state index in [4.69, 9.17) is 0 Å². The number of rotatable bonds is 7. The number of likely N-dealkylation sites (N-methyl/N-ethyl adjacent to an activating group) is 1. The van der Waals surface area contributed by atoms with Crippen LogP contribution in [0.2, 0.25) is 0 Å². The van der Waals surface area contributed by atoms with Crippen LogP contribution in [-0.4, -0.2) is 45.3 Å². The smallest absolute Gasteiger partial charge is 0.273 e. The Bertz CT molecular complexity index is 976. The van der Waals surface area contributed by atoms with E-state index in [-0.39, 0.29) is 17.5 Å². The van der Waals surface area contributed by atoms with Crippen molar-refractivity contribution >= 4 is 29.0 Å². The van der Waals surface area contributed by atoms with Crippen LogP contribution < -0.4 is 10.6 Å². The first kappa shape index (κ1) is 19.9. The van der Waals surface area contributed by atoms with Gasteiger partial charge in [-0.25, -0.2) is 9.97 Å². The zero-order valence-electron chi connectivity index (χ0n) is 16.3. The van der Waals surface area contributed by atoms with Crippen molar-refractivity contribution in [2.24, 2.45) is 0 Å². The lowest BCUT2D eigenvalue weighted by Crippen LogP contribution is -2.29. The van der Waals surface area contributed by atoms with Gasteiger partial charge in [-0.3, -0.25) is 14.6 Å². The lowest BCUT2D eigenvalue weighted by molar-refractivity contribution is -0.114. The maximum absolute atomic E-state index is 12.5. The summed E-state index contributed by atoms with van der Waals surface area (Å²) in [6.07, 6.45) is 7.17. The van der Waals surface area contributed by atoms with Gasteiger partial charge in [0.1, 0.15) is 11.5 Å². The standard InChI is InChI=1S/C21H22N6O2/c1-15(28)25-17-4-3-5-18(12-17)26-20-14-23-19(13-24-20)21(29)27(2)11-8-16-6-9-22-10-7-16/h3-7,9-10,12-14H,8,11H2,1-2H3,(H,24,26)(H,25,28). The minimum Gasteiger partial charge on any atom is -0.340 e. The third-order valence-corrected chi connectivity index (χ3v) is 4.16. The predicted molar refractivity (Wildman–Crippen MR) is 111 cm³/mol. The third kappa shape index (κ3) is 5.83. The van der Waals surface area contributed by atoms with Gasteiger partial charge in [0.25, 0.3) is 5.91 Å². The van der Waals surface area contributed by atoms with Gasteiger partial charge in [0.05, 0.1) is 12.4 Å². The number of benzene rings is 1. The second-order valence-corrected chi connectivity index (χ2v) is 6.51. The number of carbonyl (C=O) groups is 2. The van der Waals surface area contributed by atoms with Crippen molar-refractivity contribution in [3.8, 4) is 0 Å². The molecule has 1 aromatic carbocycles. The SMILES string of the molecule is CC(=O)Nc1cccc(Nc2cnc(C(=O)N(C)CCc3ccncc3)cn2)c1. The van der Waals surface area contributed by atoms with Crippen LogP contribution >= 0.6 is 0 Å². The normalized spacial score (nSPS) is 10.3. The Morgan fingerprint density at radius 1 is 1.03 bits per heavy atom. The number of pyridine rings is 1. The summed E-state index contributed by atoms with van der Waals surface area (Å²) in [5.41, 5.74) is 2.82. The fourth-order valence-electron chi connectivity index (χ4n) is 2.67. The first-order valence-electron chi connectivity index (χ1n) is 9.12. The molecular weight excluding hydrogens is 368 g/mol. The number of aromatic nitrogens is 3. The molecule has 29 heavy (non-hydrogen) atoms. The fourth-order valence-corrected chi connectivity index (χ4v) is 2.67. The largest absolute Gasteiger partial charge is 0.340 e. The molecule has 3 aromatic rings. The average Bonchev–Trinajstić information content (AvgIpc) is 2.72. The first-order chi connectivity index (χ1) is 14.0. The van der Waals surface area contributed by atoms with E-state index in [0.717, 1.165) is 17.7 Å². The van der Waals surface area contributed by atoms with Crippen LogP contribution in [0.5, 0.6) is 0 Å². The van der Waals surface area contributed by atoms with E-state index in [1.165, 1.54) is 19.3 Å². The molecule has 0 saturated heterocycles. The van der Waals surface area contributed by atoms with Crippen molar-refractivity contribution in [2.45, 2.75) is 13.3 Å². The minimum atomic E-state index is -0.189. The molecule has 0 atom stereocenters. The van der Waals surface area contributed by atoms with Crippen LogP contribution in [0.4, 0.5) is 17.2 Å². The van der Waals surface area contributed by atoms with Crippen LogP contribution in [-0.2, 0) is 11.2 Å². The van der Waals surface area contributed by atoms with Crippen molar-refractivity contribution in [1.82, 2.24) is 19.9 Å². The van der Waals surface area contributed by atoms with Gasteiger partial charge in [0.15, 0.2) is 0 Å². The molecule has 0 aliphatic rings. The molecule has 0 aliphatic heterocycles. The maximum atomic E-state index is 12.5. The van der Waals surface area contributed by atoms with Gasteiger partial charge in [0, 0.05) is 44.3 Å². The van der Waals surface area contributed by atoms with Crippen molar-refractivity contribution in [3.05, 3.63) is 72.4 Å². The van der Waals surface area contributed by atoms with Crippen LogP contribution in [0.25, 0.3) is 0 Å². The Labute approximate surface area is 169 Å². The number of hydrogen-bond donors (Lipinski definition) is 2. The first-order valence-corrected chi connectivity index (χ1v) is 9.12. The van der Waals surface area contributed by atoms with Crippen LogP contribution in [0.1, 0.15) is 23.0 Å². The highest BCUT2D eigenvalue weighted by molar-refractivity contribution is 5.92.